The summed E-state index contributed by atoms with van der Waals surface area (Å²) in [7, 11) is 1.31. The summed E-state index contributed by atoms with van der Waals surface area (Å²) in [4.78, 5) is 39.5. The van der Waals surface area contributed by atoms with E-state index in [2.05, 4.69) is 9.64 Å². The molecule has 1 aromatic carbocycles. The van der Waals surface area contributed by atoms with Gasteiger partial charge in [-0.15, -0.1) is 0 Å². The Morgan fingerprint density at radius 3 is 2.36 bits per heavy atom. The van der Waals surface area contributed by atoms with Crippen LogP contribution in [0.3, 0.4) is 0 Å². The number of rotatable bonds is 3. The molecule has 1 atom stereocenters. The van der Waals surface area contributed by atoms with E-state index in [-0.39, 0.29) is 24.3 Å². The number of amides is 2. The van der Waals surface area contributed by atoms with Gasteiger partial charge in [0.05, 0.1) is 30.8 Å². The van der Waals surface area contributed by atoms with Crippen LogP contribution in [0.5, 0.6) is 0 Å². The summed E-state index contributed by atoms with van der Waals surface area (Å²) in [5.74, 6) is -0.800. The van der Waals surface area contributed by atoms with Crippen LogP contribution in [0.2, 0.25) is 0 Å². The predicted molar refractivity (Wildman–Crippen MR) is 79.5 cm³/mol. The van der Waals surface area contributed by atoms with Gasteiger partial charge in [-0.25, -0.2) is 9.69 Å². The topological polar surface area (TPSA) is 66.9 Å². The fourth-order valence-electron chi connectivity index (χ4n) is 3.09. The summed E-state index contributed by atoms with van der Waals surface area (Å²) >= 11 is 0. The normalized spacial score (nSPS) is 22.4. The lowest BCUT2D eigenvalue weighted by Crippen LogP contribution is -2.40. The van der Waals surface area contributed by atoms with E-state index in [4.69, 9.17) is 0 Å². The zero-order valence-corrected chi connectivity index (χ0v) is 12.4. The molecule has 6 heteroatoms. The van der Waals surface area contributed by atoms with E-state index >= 15 is 0 Å². The zero-order valence-electron chi connectivity index (χ0n) is 12.4. The van der Waals surface area contributed by atoms with Crippen LogP contribution in [-0.2, 0) is 14.3 Å². The first-order valence-electron chi connectivity index (χ1n) is 7.41. The summed E-state index contributed by atoms with van der Waals surface area (Å²) in [6, 6.07) is 5.99. The van der Waals surface area contributed by atoms with Gasteiger partial charge in [0.25, 0.3) is 5.91 Å². The summed E-state index contributed by atoms with van der Waals surface area (Å²) in [5, 5.41) is 0. The van der Waals surface area contributed by atoms with Crippen molar-refractivity contribution in [2.75, 3.05) is 25.1 Å². The molecule has 2 saturated heterocycles. The van der Waals surface area contributed by atoms with Crippen molar-refractivity contribution in [1.29, 1.82) is 0 Å². The zero-order chi connectivity index (χ0) is 15.7. The number of nitrogens with zero attached hydrogens (tertiary/aromatic N) is 2. The van der Waals surface area contributed by atoms with E-state index in [0.29, 0.717) is 11.3 Å². The molecule has 1 aromatic rings. The highest BCUT2D eigenvalue weighted by Gasteiger charge is 2.43. The Bertz CT molecular complexity index is 605. The molecule has 3 rings (SSSR count). The molecule has 1 unspecified atom stereocenters. The Hall–Kier alpha value is -2.21. The van der Waals surface area contributed by atoms with Gasteiger partial charge >= 0.3 is 5.97 Å². The maximum absolute atomic E-state index is 12.6. The molecule has 0 saturated carbocycles. The highest BCUT2D eigenvalue weighted by Crippen LogP contribution is 2.27. The van der Waals surface area contributed by atoms with Crippen molar-refractivity contribution < 1.29 is 19.1 Å². The Morgan fingerprint density at radius 2 is 1.77 bits per heavy atom. The molecule has 2 amide bonds. The first kappa shape index (κ1) is 14.7. The number of hydrogen-bond donors (Lipinski definition) is 0. The number of esters is 1. The molecule has 0 N–H and O–H groups in total. The quantitative estimate of drug-likeness (QED) is 0.620. The van der Waals surface area contributed by atoms with Gasteiger partial charge in [-0.3, -0.25) is 14.5 Å². The van der Waals surface area contributed by atoms with Gasteiger partial charge in [-0.05, 0) is 50.2 Å². The van der Waals surface area contributed by atoms with E-state index < -0.39 is 5.97 Å². The molecule has 0 bridgehead atoms. The van der Waals surface area contributed by atoms with Crippen molar-refractivity contribution in [1.82, 2.24) is 4.90 Å². The van der Waals surface area contributed by atoms with Crippen LogP contribution in [0.25, 0.3) is 0 Å². The van der Waals surface area contributed by atoms with Crippen LogP contribution in [0.1, 0.15) is 29.6 Å². The van der Waals surface area contributed by atoms with Crippen molar-refractivity contribution in [2.24, 2.45) is 0 Å². The summed E-state index contributed by atoms with van der Waals surface area (Å²) in [6.45, 7) is 1.75. The molecule has 22 heavy (non-hydrogen) atoms. The van der Waals surface area contributed by atoms with E-state index in [1.807, 2.05) is 0 Å². The molecule has 2 heterocycles. The number of imide groups is 1. The minimum atomic E-state index is -0.444. The third kappa shape index (κ3) is 2.50. The number of ether oxygens (including phenoxy) is 1. The molecule has 2 fully saturated rings. The predicted octanol–water partition coefficient (Wildman–Crippen LogP) is 1.20. The number of likely N-dealkylation sites (tertiary alicyclic amines) is 1. The fraction of sp³-hybridized carbons (Fsp3) is 0.438. The van der Waals surface area contributed by atoms with Crippen molar-refractivity contribution in [3.05, 3.63) is 29.8 Å². The average Bonchev–Trinajstić information content (AvgIpc) is 3.15. The van der Waals surface area contributed by atoms with Crippen LogP contribution >= 0.6 is 0 Å². The average molecular weight is 302 g/mol. The van der Waals surface area contributed by atoms with Crippen LogP contribution in [-0.4, -0.2) is 48.9 Å². The Labute approximate surface area is 128 Å². The maximum Gasteiger partial charge on any atom is 0.337 e. The number of hydrogen-bond acceptors (Lipinski definition) is 5. The highest BCUT2D eigenvalue weighted by molar-refractivity contribution is 6.22. The van der Waals surface area contributed by atoms with Gasteiger partial charge in [0, 0.05) is 0 Å². The van der Waals surface area contributed by atoms with Crippen molar-refractivity contribution >= 4 is 23.5 Å². The summed E-state index contributed by atoms with van der Waals surface area (Å²) in [5.41, 5.74) is 0.894. The van der Waals surface area contributed by atoms with Gasteiger partial charge in [-0.1, -0.05) is 0 Å². The van der Waals surface area contributed by atoms with Gasteiger partial charge in [-0.2, -0.15) is 0 Å². The van der Waals surface area contributed by atoms with Gasteiger partial charge in [0.1, 0.15) is 0 Å². The van der Waals surface area contributed by atoms with Gasteiger partial charge in [0.2, 0.25) is 5.91 Å². The number of anilines is 1. The number of carbonyl (C=O) groups excluding carboxylic acids is 3. The molecule has 116 valence electrons. The second-order valence-corrected chi connectivity index (χ2v) is 5.57. The molecular formula is C16H18N2O4. The molecule has 2 aliphatic rings. The smallest absolute Gasteiger partial charge is 0.337 e. The Kier molecular flexibility index (Phi) is 3.94. The highest BCUT2D eigenvalue weighted by atomic mass is 16.5. The lowest BCUT2D eigenvalue weighted by atomic mass is 10.2. The molecular weight excluding hydrogens is 284 g/mol. The lowest BCUT2D eigenvalue weighted by Gasteiger charge is -2.21. The van der Waals surface area contributed by atoms with Crippen molar-refractivity contribution in [3.63, 3.8) is 0 Å². The molecule has 0 aromatic heterocycles. The molecule has 0 radical (unpaired) electrons. The monoisotopic (exact) mass is 302 g/mol. The second kappa shape index (κ2) is 5.88. The Morgan fingerprint density at radius 1 is 1.14 bits per heavy atom. The maximum atomic E-state index is 12.6. The first-order chi connectivity index (χ1) is 10.6. The van der Waals surface area contributed by atoms with E-state index in [1.54, 1.807) is 24.3 Å². The third-order valence-corrected chi connectivity index (χ3v) is 4.25. The molecule has 0 spiro atoms. The van der Waals surface area contributed by atoms with Crippen LogP contribution in [0, 0.1) is 0 Å². The van der Waals surface area contributed by atoms with Gasteiger partial charge in [0.15, 0.2) is 0 Å². The lowest BCUT2D eigenvalue weighted by molar-refractivity contribution is -0.122. The Balaban J connectivity index is 1.80. The van der Waals surface area contributed by atoms with E-state index in [9.17, 15) is 14.4 Å². The van der Waals surface area contributed by atoms with Crippen LogP contribution < -0.4 is 4.90 Å². The first-order valence-corrected chi connectivity index (χ1v) is 7.41. The molecule has 2 aliphatic heterocycles. The van der Waals surface area contributed by atoms with E-state index in [0.717, 1.165) is 25.9 Å². The number of carbonyl (C=O) groups is 3. The summed E-state index contributed by atoms with van der Waals surface area (Å²) < 4.78 is 4.64. The number of methoxy groups -OCH3 is 1. The standard InChI is InChI=1S/C16H18N2O4/c1-22-16(21)11-4-6-12(7-5-11)18-14(19)10-13(15(18)20)17-8-2-3-9-17/h4-7,13H,2-3,8-10H2,1H3. The second-order valence-electron chi connectivity index (χ2n) is 5.57. The van der Waals surface area contributed by atoms with Gasteiger partial charge < -0.3 is 4.74 Å². The summed E-state index contributed by atoms with van der Waals surface area (Å²) in [6.07, 6.45) is 2.38. The third-order valence-electron chi connectivity index (χ3n) is 4.25. The van der Waals surface area contributed by atoms with Crippen LogP contribution in [0.4, 0.5) is 5.69 Å². The van der Waals surface area contributed by atoms with Crippen molar-refractivity contribution in [2.45, 2.75) is 25.3 Å². The SMILES string of the molecule is COC(=O)c1ccc(N2C(=O)CC(N3CCCC3)C2=O)cc1. The minimum absolute atomic E-state index is 0.169. The van der Waals surface area contributed by atoms with Crippen molar-refractivity contribution in [3.8, 4) is 0 Å². The van der Waals surface area contributed by atoms with Crippen LogP contribution in [0.15, 0.2) is 24.3 Å². The molecule has 6 nitrogen and oxygen atoms in total. The number of benzene rings is 1. The largest absolute Gasteiger partial charge is 0.465 e. The van der Waals surface area contributed by atoms with E-state index in [1.165, 1.54) is 12.0 Å². The molecule has 0 aliphatic carbocycles. The fourth-order valence-corrected chi connectivity index (χ4v) is 3.09. The minimum Gasteiger partial charge on any atom is -0.465 e.